The van der Waals surface area contributed by atoms with Crippen molar-refractivity contribution in [3.05, 3.63) is 48.6 Å². The summed E-state index contributed by atoms with van der Waals surface area (Å²) < 4.78 is 34.8. The molecular weight excluding hydrogens is 503 g/mol. The molecule has 0 fully saturated rings. The molecule has 0 saturated carbocycles. The minimum atomic E-state index is -4.64. The molecule has 1 unspecified atom stereocenters. The van der Waals surface area contributed by atoms with E-state index in [0.29, 0.717) is 0 Å². The number of carbonyl (C=O) groups excluding carboxylic acids is 4. The van der Waals surface area contributed by atoms with Gasteiger partial charge in [-0.2, -0.15) is 0 Å². The van der Waals surface area contributed by atoms with Crippen LogP contribution in [0.4, 0.5) is 0 Å². The summed E-state index contributed by atoms with van der Waals surface area (Å²) >= 11 is 0. The van der Waals surface area contributed by atoms with Gasteiger partial charge in [-0.1, -0.05) is 26.3 Å². The first-order valence-corrected chi connectivity index (χ1v) is 11.7. The zero-order valence-electron chi connectivity index (χ0n) is 20.7. The third-order valence-electron chi connectivity index (χ3n) is 3.39. The first kappa shape index (κ1) is 35.1. The second-order valence-electron chi connectivity index (χ2n) is 7.41. The third kappa shape index (κ3) is 20.3. The van der Waals surface area contributed by atoms with Crippen molar-refractivity contribution in [2.45, 2.75) is 39.9 Å². The normalized spacial score (nSPS) is 11.2. The first-order chi connectivity index (χ1) is 16.3. The Balaban J connectivity index is 0. The Morgan fingerprint density at radius 1 is 0.611 bits per heavy atom. The Kier molecular flexibility index (Phi) is 16.9. The fraction of sp³-hybridized carbons (Fsp3) is 0.455. The lowest BCUT2D eigenvalue weighted by atomic mass is 10.3. The van der Waals surface area contributed by atoms with Gasteiger partial charge in [0.2, 0.25) is 0 Å². The molecule has 14 heteroatoms. The van der Waals surface area contributed by atoms with E-state index in [0.717, 1.165) is 0 Å². The molecule has 0 radical (unpaired) electrons. The molecule has 204 valence electrons. The highest BCUT2D eigenvalue weighted by molar-refractivity contribution is 7.45. The van der Waals surface area contributed by atoms with Crippen LogP contribution in [0.1, 0.15) is 27.7 Å². The molecule has 0 aliphatic heterocycles. The van der Waals surface area contributed by atoms with Crippen LogP contribution in [0.5, 0.6) is 0 Å². The summed E-state index contributed by atoms with van der Waals surface area (Å²) in [6.45, 7) is 18.7. The lowest BCUT2D eigenvalue weighted by molar-refractivity contribution is -0.164. The first-order valence-electron chi connectivity index (χ1n) is 10.1. The van der Waals surface area contributed by atoms with E-state index >= 15 is 0 Å². The van der Waals surface area contributed by atoms with Gasteiger partial charge in [-0.05, 0) is 27.7 Å². The SMILES string of the molecule is C=C(C)C(=O)OCC(COC(=O)C(=C)C)OCC(COC(=O)C(=C)C)OC(=O)C(=C)C.O=P(O)(O)O. The van der Waals surface area contributed by atoms with Gasteiger partial charge in [0.25, 0.3) is 0 Å². The smallest absolute Gasteiger partial charge is 0.459 e. The minimum Gasteiger partial charge on any atom is -0.459 e. The summed E-state index contributed by atoms with van der Waals surface area (Å²) in [4.78, 5) is 68.4. The van der Waals surface area contributed by atoms with Crippen molar-refractivity contribution in [2.24, 2.45) is 0 Å². The maximum Gasteiger partial charge on any atom is 0.466 e. The number of esters is 4. The Bertz CT molecular complexity index is 861. The lowest BCUT2D eigenvalue weighted by Gasteiger charge is -2.22. The van der Waals surface area contributed by atoms with Gasteiger partial charge >= 0.3 is 31.7 Å². The highest BCUT2D eigenvalue weighted by Crippen LogP contribution is 2.25. The van der Waals surface area contributed by atoms with Gasteiger partial charge in [-0.15, -0.1) is 0 Å². The van der Waals surface area contributed by atoms with Crippen LogP contribution in [-0.2, 0) is 47.4 Å². The zero-order chi connectivity index (χ0) is 28.6. The Hall–Kier alpha value is -3.09. The topological polar surface area (TPSA) is 192 Å². The summed E-state index contributed by atoms with van der Waals surface area (Å²) in [7, 11) is -4.64. The average Bonchev–Trinajstić information content (AvgIpc) is 2.73. The van der Waals surface area contributed by atoms with Crippen LogP contribution in [-0.4, -0.2) is 77.2 Å². The van der Waals surface area contributed by atoms with E-state index in [1.54, 1.807) is 0 Å². The van der Waals surface area contributed by atoms with E-state index in [2.05, 4.69) is 26.3 Å². The Labute approximate surface area is 209 Å². The summed E-state index contributed by atoms with van der Waals surface area (Å²) in [6, 6.07) is 0. The largest absolute Gasteiger partial charge is 0.466 e. The fourth-order valence-corrected chi connectivity index (χ4v) is 1.63. The molecule has 0 aliphatic rings. The molecule has 0 heterocycles. The van der Waals surface area contributed by atoms with Crippen LogP contribution < -0.4 is 0 Å². The van der Waals surface area contributed by atoms with Crippen LogP contribution in [0, 0.1) is 0 Å². The number of hydrogen-bond donors (Lipinski definition) is 3. The molecule has 0 bridgehead atoms. The number of phosphoric acid groups is 1. The summed E-state index contributed by atoms with van der Waals surface area (Å²) in [5.74, 6) is -2.68. The zero-order valence-corrected chi connectivity index (χ0v) is 21.6. The molecule has 36 heavy (non-hydrogen) atoms. The predicted octanol–water partition coefficient (Wildman–Crippen LogP) is 1.29. The highest BCUT2D eigenvalue weighted by atomic mass is 31.2. The van der Waals surface area contributed by atoms with E-state index in [1.165, 1.54) is 27.7 Å². The molecule has 0 amide bonds. The lowest BCUT2D eigenvalue weighted by Crippen LogP contribution is -2.35. The van der Waals surface area contributed by atoms with Crippen LogP contribution in [0.15, 0.2) is 48.6 Å². The van der Waals surface area contributed by atoms with Crippen LogP contribution in [0.3, 0.4) is 0 Å². The third-order valence-corrected chi connectivity index (χ3v) is 3.39. The van der Waals surface area contributed by atoms with Crippen molar-refractivity contribution < 1.29 is 62.1 Å². The molecule has 0 aromatic carbocycles. The van der Waals surface area contributed by atoms with Gasteiger partial charge in [0, 0.05) is 22.3 Å². The maximum absolute atomic E-state index is 11.9. The van der Waals surface area contributed by atoms with Gasteiger partial charge in [-0.25, -0.2) is 23.7 Å². The Morgan fingerprint density at radius 3 is 1.17 bits per heavy atom. The number of ether oxygens (including phenoxy) is 5. The minimum absolute atomic E-state index is 0.138. The van der Waals surface area contributed by atoms with Gasteiger partial charge in [0.05, 0.1) is 6.61 Å². The second-order valence-corrected chi connectivity index (χ2v) is 8.44. The van der Waals surface area contributed by atoms with Crippen molar-refractivity contribution in [2.75, 3.05) is 26.4 Å². The summed E-state index contributed by atoms with van der Waals surface area (Å²) in [6.07, 6.45) is -1.89. The van der Waals surface area contributed by atoms with Gasteiger partial charge in [0.15, 0.2) is 6.10 Å². The van der Waals surface area contributed by atoms with Gasteiger partial charge in [0.1, 0.15) is 25.9 Å². The second kappa shape index (κ2) is 17.4. The van der Waals surface area contributed by atoms with E-state index in [1.807, 2.05) is 0 Å². The van der Waals surface area contributed by atoms with Crippen LogP contribution in [0.2, 0.25) is 0 Å². The summed E-state index contributed by atoms with van der Waals surface area (Å²) in [5, 5.41) is 0. The molecule has 0 saturated heterocycles. The van der Waals surface area contributed by atoms with E-state index in [-0.39, 0.29) is 48.7 Å². The van der Waals surface area contributed by atoms with Crippen molar-refractivity contribution in [3.8, 4) is 0 Å². The van der Waals surface area contributed by atoms with Crippen LogP contribution in [0.25, 0.3) is 0 Å². The Morgan fingerprint density at radius 2 is 0.889 bits per heavy atom. The van der Waals surface area contributed by atoms with Gasteiger partial charge < -0.3 is 38.4 Å². The number of rotatable bonds is 14. The molecule has 0 aromatic rings. The van der Waals surface area contributed by atoms with E-state index in [9.17, 15) is 19.2 Å². The fourth-order valence-electron chi connectivity index (χ4n) is 1.63. The number of hydrogen-bond acceptors (Lipinski definition) is 10. The van der Waals surface area contributed by atoms with Crippen molar-refractivity contribution in [1.29, 1.82) is 0 Å². The molecule has 1 atom stereocenters. The van der Waals surface area contributed by atoms with Crippen molar-refractivity contribution >= 4 is 31.7 Å². The van der Waals surface area contributed by atoms with Crippen molar-refractivity contribution in [3.63, 3.8) is 0 Å². The molecule has 0 aromatic heterocycles. The monoisotopic (exact) mass is 536 g/mol. The quantitative estimate of drug-likeness (QED) is 0.125. The maximum atomic E-state index is 11.9. The molecule has 3 N–H and O–H groups in total. The predicted molar refractivity (Wildman–Crippen MR) is 126 cm³/mol. The van der Waals surface area contributed by atoms with E-state index in [4.69, 9.17) is 42.9 Å². The molecule has 0 spiro atoms. The molecular formula is C22H33O13P. The number of carbonyl (C=O) groups is 4. The highest BCUT2D eigenvalue weighted by Gasteiger charge is 2.22. The molecule has 13 nitrogen and oxygen atoms in total. The van der Waals surface area contributed by atoms with E-state index < -0.39 is 43.9 Å². The molecule has 0 rings (SSSR count). The average molecular weight is 536 g/mol. The van der Waals surface area contributed by atoms with Crippen LogP contribution >= 0.6 is 7.82 Å². The van der Waals surface area contributed by atoms with Gasteiger partial charge in [-0.3, -0.25) is 0 Å². The molecule has 0 aliphatic carbocycles. The summed E-state index contributed by atoms with van der Waals surface area (Å²) in [5.41, 5.74) is 0.663. The van der Waals surface area contributed by atoms with Crippen molar-refractivity contribution in [1.82, 2.24) is 0 Å². The standard InChI is InChI=1S/C22H30O9.H3O4P/c1-13(2)19(23)28-9-17(10-29-20(24)14(3)4)27-11-18(31-22(26)16(7)8)12-30-21(25)15(5)6;1-5(2,3)4/h17-18H,1,3,5,7,9-12H2,2,4,6,8H3;(H3,1,2,3,4).